The summed E-state index contributed by atoms with van der Waals surface area (Å²) in [5.74, 6) is -0.156. The summed E-state index contributed by atoms with van der Waals surface area (Å²) in [6.45, 7) is 0. The Balaban J connectivity index is 2.29. The number of carbonyl (C=O) groups excluding carboxylic acids is 1. The Bertz CT molecular complexity index is 548. The molecule has 0 saturated heterocycles. The fourth-order valence-electron chi connectivity index (χ4n) is 1.54. The average Bonchev–Trinajstić information content (AvgIpc) is 2.75. The van der Waals surface area contributed by atoms with Gasteiger partial charge in [0.2, 0.25) is 0 Å². The maximum absolute atomic E-state index is 12.1. The van der Waals surface area contributed by atoms with Gasteiger partial charge in [0.1, 0.15) is 0 Å². The molecular formula is C11H13N5O. The lowest BCUT2D eigenvalue weighted by Gasteiger charge is -2.17. The molecule has 0 aliphatic carbocycles. The molecule has 6 heteroatoms. The number of aromatic nitrogens is 3. The number of nitrogen functional groups attached to an aromatic ring is 1. The van der Waals surface area contributed by atoms with Gasteiger partial charge in [-0.15, -0.1) is 0 Å². The predicted molar refractivity (Wildman–Crippen MR) is 64.6 cm³/mol. The van der Waals surface area contributed by atoms with Gasteiger partial charge in [-0.3, -0.25) is 14.5 Å². The van der Waals surface area contributed by atoms with Gasteiger partial charge in [0.05, 0.1) is 29.3 Å². The minimum atomic E-state index is -0.156. The van der Waals surface area contributed by atoms with Gasteiger partial charge in [-0.25, -0.2) is 0 Å². The molecule has 0 bridgehead atoms. The van der Waals surface area contributed by atoms with Crippen LogP contribution in [0.1, 0.15) is 10.4 Å². The van der Waals surface area contributed by atoms with Gasteiger partial charge in [-0.05, 0) is 6.07 Å². The van der Waals surface area contributed by atoms with Crippen molar-refractivity contribution in [2.75, 3.05) is 17.7 Å². The van der Waals surface area contributed by atoms with Crippen molar-refractivity contribution in [2.45, 2.75) is 0 Å². The van der Waals surface area contributed by atoms with Crippen molar-refractivity contribution in [2.24, 2.45) is 7.05 Å². The highest BCUT2D eigenvalue weighted by Crippen LogP contribution is 2.21. The summed E-state index contributed by atoms with van der Waals surface area (Å²) in [4.78, 5) is 17.5. The number of hydrogen-bond donors (Lipinski definition) is 1. The van der Waals surface area contributed by atoms with Crippen molar-refractivity contribution in [1.29, 1.82) is 0 Å². The molecule has 2 aromatic heterocycles. The van der Waals surface area contributed by atoms with E-state index in [0.717, 1.165) is 0 Å². The van der Waals surface area contributed by atoms with Gasteiger partial charge in [0.15, 0.2) is 0 Å². The number of amides is 1. The smallest absolute Gasteiger partial charge is 0.261 e. The van der Waals surface area contributed by atoms with E-state index in [-0.39, 0.29) is 5.91 Å². The fraction of sp³-hybridized carbons (Fsp3) is 0.182. The van der Waals surface area contributed by atoms with Crippen LogP contribution in [-0.2, 0) is 7.05 Å². The first-order chi connectivity index (χ1) is 8.09. The van der Waals surface area contributed by atoms with Gasteiger partial charge in [-0.1, -0.05) is 0 Å². The van der Waals surface area contributed by atoms with E-state index in [2.05, 4.69) is 10.1 Å². The molecule has 2 rings (SSSR count). The zero-order valence-electron chi connectivity index (χ0n) is 9.66. The van der Waals surface area contributed by atoms with Crippen molar-refractivity contribution in [3.63, 3.8) is 0 Å². The zero-order chi connectivity index (χ0) is 12.4. The van der Waals surface area contributed by atoms with Crippen molar-refractivity contribution in [3.05, 3.63) is 36.4 Å². The van der Waals surface area contributed by atoms with E-state index in [9.17, 15) is 4.79 Å². The molecule has 0 saturated carbocycles. The van der Waals surface area contributed by atoms with E-state index in [0.29, 0.717) is 16.9 Å². The van der Waals surface area contributed by atoms with E-state index in [4.69, 9.17) is 5.73 Å². The number of carbonyl (C=O) groups is 1. The molecule has 1 amide bonds. The van der Waals surface area contributed by atoms with Crippen LogP contribution in [0.15, 0.2) is 30.9 Å². The fourth-order valence-corrected chi connectivity index (χ4v) is 1.54. The Kier molecular flexibility index (Phi) is 2.78. The molecule has 17 heavy (non-hydrogen) atoms. The molecule has 0 fully saturated rings. The monoisotopic (exact) mass is 231 g/mol. The van der Waals surface area contributed by atoms with Crippen molar-refractivity contribution in [3.8, 4) is 0 Å². The molecule has 2 heterocycles. The van der Waals surface area contributed by atoms with Gasteiger partial charge < -0.3 is 10.6 Å². The summed E-state index contributed by atoms with van der Waals surface area (Å²) < 4.78 is 1.58. The van der Waals surface area contributed by atoms with Crippen molar-refractivity contribution in [1.82, 2.24) is 14.8 Å². The highest BCUT2D eigenvalue weighted by molar-refractivity contribution is 6.06. The number of aryl methyl sites for hydroxylation is 1. The Morgan fingerprint density at radius 1 is 1.47 bits per heavy atom. The summed E-state index contributed by atoms with van der Waals surface area (Å²) in [5.41, 5.74) is 7.38. The molecule has 0 aliphatic rings. The summed E-state index contributed by atoms with van der Waals surface area (Å²) in [7, 11) is 3.43. The summed E-state index contributed by atoms with van der Waals surface area (Å²) in [6.07, 6.45) is 6.30. The number of nitrogens with zero attached hydrogens (tertiary/aromatic N) is 4. The lowest BCUT2D eigenvalue weighted by Crippen LogP contribution is -2.26. The average molecular weight is 231 g/mol. The summed E-state index contributed by atoms with van der Waals surface area (Å²) >= 11 is 0. The molecule has 2 aromatic rings. The van der Waals surface area contributed by atoms with Gasteiger partial charge in [0.25, 0.3) is 5.91 Å². The van der Waals surface area contributed by atoms with Crippen LogP contribution in [0.3, 0.4) is 0 Å². The van der Waals surface area contributed by atoms with Crippen LogP contribution >= 0.6 is 0 Å². The standard InChI is InChI=1S/C11H13N5O/c1-15-7-8(5-14-15)11(17)16(2)10-3-4-13-6-9(10)12/h3-7H,12H2,1-2H3. The molecule has 0 aromatic carbocycles. The van der Waals surface area contributed by atoms with E-state index < -0.39 is 0 Å². The number of pyridine rings is 1. The quantitative estimate of drug-likeness (QED) is 0.824. The zero-order valence-corrected chi connectivity index (χ0v) is 9.66. The van der Waals surface area contributed by atoms with Crippen LogP contribution in [0.5, 0.6) is 0 Å². The number of rotatable bonds is 2. The maximum Gasteiger partial charge on any atom is 0.261 e. The van der Waals surface area contributed by atoms with Gasteiger partial charge in [-0.2, -0.15) is 5.10 Å². The third-order valence-corrected chi connectivity index (χ3v) is 2.45. The van der Waals surface area contributed by atoms with Crippen LogP contribution in [0.25, 0.3) is 0 Å². The third kappa shape index (κ3) is 2.10. The predicted octanol–water partition coefficient (Wildman–Crippen LogP) is 0.674. The first kappa shape index (κ1) is 11.1. The normalized spacial score (nSPS) is 10.2. The van der Waals surface area contributed by atoms with Crippen LogP contribution in [0.2, 0.25) is 0 Å². The first-order valence-corrected chi connectivity index (χ1v) is 5.06. The van der Waals surface area contributed by atoms with E-state index in [1.54, 1.807) is 37.2 Å². The van der Waals surface area contributed by atoms with E-state index in [1.807, 2.05) is 0 Å². The Labute approximate surface area is 98.7 Å². The lowest BCUT2D eigenvalue weighted by molar-refractivity contribution is 0.0993. The van der Waals surface area contributed by atoms with Crippen LogP contribution in [-0.4, -0.2) is 27.7 Å². The second-order valence-electron chi connectivity index (χ2n) is 3.70. The molecular weight excluding hydrogens is 218 g/mol. The molecule has 2 N–H and O–H groups in total. The van der Waals surface area contributed by atoms with E-state index >= 15 is 0 Å². The van der Waals surface area contributed by atoms with Crippen LogP contribution in [0, 0.1) is 0 Å². The molecule has 0 aliphatic heterocycles. The second-order valence-corrected chi connectivity index (χ2v) is 3.70. The van der Waals surface area contributed by atoms with Gasteiger partial charge in [0, 0.05) is 26.5 Å². The molecule has 0 radical (unpaired) electrons. The number of hydrogen-bond acceptors (Lipinski definition) is 4. The molecule has 88 valence electrons. The second kappa shape index (κ2) is 4.25. The third-order valence-electron chi connectivity index (χ3n) is 2.45. The SMILES string of the molecule is CN(C(=O)c1cnn(C)c1)c1ccncc1N. The van der Waals surface area contributed by atoms with E-state index in [1.165, 1.54) is 17.3 Å². The Hall–Kier alpha value is -2.37. The molecule has 0 spiro atoms. The maximum atomic E-state index is 12.1. The van der Waals surface area contributed by atoms with Gasteiger partial charge >= 0.3 is 0 Å². The topological polar surface area (TPSA) is 77.0 Å². The first-order valence-electron chi connectivity index (χ1n) is 5.06. The highest BCUT2D eigenvalue weighted by atomic mass is 16.2. The summed E-state index contributed by atoms with van der Waals surface area (Å²) in [5, 5.41) is 3.96. The number of nitrogens with two attached hydrogens (primary N) is 1. The number of anilines is 2. The summed E-state index contributed by atoms with van der Waals surface area (Å²) in [6, 6.07) is 1.70. The minimum absolute atomic E-state index is 0.156. The molecule has 6 nitrogen and oxygen atoms in total. The Morgan fingerprint density at radius 2 is 2.24 bits per heavy atom. The largest absolute Gasteiger partial charge is 0.396 e. The lowest BCUT2D eigenvalue weighted by atomic mass is 10.2. The molecule has 0 atom stereocenters. The minimum Gasteiger partial charge on any atom is -0.396 e. The van der Waals surface area contributed by atoms with Crippen LogP contribution in [0.4, 0.5) is 11.4 Å². The Morgan fingerprint density at radius 3 is 2.82 bits per heavy atom. The molecule has 0 unspecified atom stereocenters. The van der Waals surface area contributed by atoms with Crippen LogP contribution < -0.4 is 10.6 Å². The van der Waals surface area contributed by atoms with Crippen molar-refractivity contribution < 1.29 is 4.79 Å². The van der Waals surface area contributed by atoms with Crippen molar-refractivity contribution >= 4 is 17.3 Å². The highest BCUT2D eigenvalue weighted by Gasteiger charge is 2.16.